The summed E-state index contributed by atoms with van der Waals surface area (Å²) in [7, 11) is 0. The summed E-state index contributed by atoms with van der Waals surface area (Å²) in [4.78, 5) is 12.6. The van der Waals surface area contributed by atoms with E-state index < -0.39 is 17.7 Å². The van der Waals surface area contributed by atoms with Crippen molar-refractivity contribution in [3.8, 4) is 0 Å². The normalized spacial score (nSPS) is 17.2. The van der Waals surface area contributed by atoms with Gasteiger partial charge in [-0.15, -0.1) is 0 Å². The highest BCUT2D eigenvalue weighted by atomic mass is 19.1. The molecule has 0 bridgehead atoms. The molecule has 2 rings (SSSR count). The molecule has 0 N–H and O–H groups in total. The first-order valence-corrected chi connectivity index (χ1v) is 8.82. The van der Waals surface area contributed by atoms with Gasteiger partial charge in [0.05, 0.1) is 6.61 Å². The molecule has 1 unspecified atom stereocenters. The quantitative estimate of drug-likeness (QED) is 0.662. The number of hydrogen-bond donors (Lipinski definition) is 0. The number of rotatable bonds is 7. The highest BCUT2D eigenvalue weighted by Gasteiger charge is 2.28. The lowest BCUT2D eigenvalue weighted by molar-refractivity contribution is -0.134. The van der Waals surface area contributed by atoms with Crippen LogP contribution in [0.2, 0.25) is 0 Å². The average Bonchev–Trinajstić information content (AvgIpc) is 2.93. The van der Waals surface area contributed by atoms with E-state index in [1.165, 1.54) is 25.0 Å². The lowest BCUT2D eigenvalue weighted by Gasteiger charge is -2.24. The molecule has 1 aromatic rings. The standard InChI is InChI=1S/C20H28F2O2/c1-20(2,3)12-18(23)19(10-14-6-4-5-7-14)24-13-15-8-16(21)11-17(22)9-15/h8-9,11,14,19H,4-7,10,12-13H2,1-3H3. The monoisotopic (exact) mass is 338 g/mol. The highest BCUT2D eigenvalue weighted by Crippen LogP contribution is 2.31. The van der Waals surface area contributed by atoms with Gasteiger partial charge in [0.2, 0.25) is 0 Å². The zero-order valence-electron chi connectivity index (χ0n) is 14.9. The lowest BCUT2D eigenvalue weighted by Crippen LogP contribution is -2.30. The van der Waals surface area contributed by atoms with E-state index in [1.54, 1.807) is 0 Å². The van der Waals surface area contributed by atoms with Crippen molar-refractivity contribution in [2.75, 3.05) is 0 Å². The largest absolute Gasteiger partial charge is 0.366 e. The van der Waals surface area contributed by atoms with Gasteiger partial charge in [0, 0.05) is 12.5 Å². The van der Waals surface area contributed by atoms with Gasteiger partial charge in [-0.25, -0.2) is 8.78 Å². The smallest absolute Gasteiger partial charge is 0.162 e. The highest BCUT2D eigenvalue weighted by molar-refractivity contribution is 5.83. The lowest BCUT2D eigenvalue weighted by atomic mass is 9.86. The Balaban J connectivity index is 2.02. The van der Waals surface area contributed by atoms with Crippen molar-refractivity contribution in [2.24, 2.45) is 11.3 Å². The van der Waals surface area contributed by atoms with Crippen LogP contribution in [-0.2, 0) is 16.1 Å². The van der Waals surface area contributed by atoms with Crippen molar-refractivity contribution in [1.82, 2.24) is 0 Å². The Kier molecular flexibility index (Phi) is 6.50. The minimum atomic E-state index is -0.623. The molecule has 0 amide bonds. The number of ether oxygens (including phenoxy) is 1. The molecular weight excluding hydrogens is 310 g/mol. The molecule has 0 spiro atoms. The molecule has 2 nitrogen and oxygen atoms in total. The molecule has 1 aliphatic rings. The first-order valence-electron chi connectivity index (χ1n) is 8.82. The van der Waals surface area contributed by atoms with Gasteiger partial charge in [-0.3, -0.25) is 4.79 Å². The molecule has 1 saturated carbocycles. The van der Waals surface area contributed by atoms with Gasteiger partial charge in [0.15, 0.2) is 5.78 Å². The predicted molar refractivity (Wildman–Crippen MR) is 90.6 cm³/mol. The summed E-state index contributed by atoms with van der Waals surface area (Å²) in [6, 6.07) is 3.35. The van der Waals surface area contributed by atoms with E-state index >= 15 is 0 Å². The Bertz CT molecular complexity index is 537. The summed E-state index contributed by atoms with van der Waals surface area (Å²) < 4.78 is 32.4. The molecule has 0 saturated heterocycles. The molecule has 0 radical (unpaired) electrons. The van der Waals surface area contributed by atoms with Crippen molar-refractivity contribution in [3.05, 3.63) is 35.4 Å². The van der Waals surface area contributed by atoms with E-state index in [0.29, 0.717) is 24.3 Å². The maximum absolute atomic E-state index is 13.3. The van der Waals surface area contributed by atoms with Gasteiger partial charge in [-0.05, 0) is 35.4 Å². The van der Waals surface area contributed by atoms with Crippen molar-refractivity contribution in [1.29, 1.82) is 0 Å². The van der Waals surface area contributed by atoms with E-state index in [1.807, 2.05) is 20.8 Å². The van der Waals surface area contributed by atoms with E-state index in [2.05, 4.69) is 0 Å². The van der Waals surface area contributed by atoms with Crippen molar-refractivity contribution in [3.63, 3.8) is 0 Å². The van der Waals surface area contributed by atoms with Crippen molar-refractivity contribution < 1.29 is 18.3 Å². The SMILES string of the molecule is CC(C)(C)CC(=O)C(CC1CCCC1)OCc1cc(F)cc(F)c1. The minimum absolute atomic E-state index is 0.0575. The number of carbonyl (C=O) groups excluding carboxylic acids is 1. The molecule has 0 aromatic heterocycles. The number of ketones is 1. The fourth-order valence-electron chi connectivity index (χ4n) is 3.37. The molecule has 1 aromatic carbocycles. The molecule has 1 fully saturated rings. The maximum atomic E-state index is 13.3. The number of benzene rings is 1. The van der Waals surface area contributed by atoms with E-state index in [9.17, 15) is 13.6 Å². The number of halogens is 2. The summed E-state index contributed by atoms with van der Waals surface area (Å²) in [5, 5.41) is 0. The summed E-state index contributed by atoms with van der Waals surface area (Å²) in [5.74, 6) is -0.640. The molecule has 134 valence electrons. The third kappa shape index (κ3) is 6.31. The van der Waals surface area contributed by atoms with Crippen LogP contribution in [0.5, 0.6) is 0 Å². The summed E-state index contributed by atoms with van der Waals surface area (Å²) in [5.41, 5.74) is 0.326. The fourth-order valence-corrected chi connectivity index (χ4v) is 3.37. The zero-order valence-corrected chi connectivity index (χ0v) is 14.9. The Morgan fingerprint density at radius 2 is 1.75 bits per heavy atom. The number of hydrogen-bond acceptors (Lipinski definition) is 2. The third-order valence-electron chi connectivity index (χ3n) is 4.46. The molecule has 1 atom stereocenters. The Labute approximate surface area is 143 Å². The van der Waals surface area contributed by atoms with E-state index in [0.717, 1.165) is 18.9 Å². The maximum Gasteiger partial charge on any atom is 0.162 e. The topological polar surface area (TPSA) is 26.3 Å². The second-order valence-electron chi connectivity index (χ2n) is 8.17. The van der Waals surface area contributed by atoms with E-state index in [-0.39, 0.29) is 17.8 Å². The first kappa shape index (κ1) is 19.0. The predicted octanol–water partition coefficient (Wildman–Crippen LogP) is 5.44. The number of Topliss-reactive ketones (excluding diaryl/α,β-unsaturated/α-hetero) is 1. The number of carbonyl (C=O) groups is 1. The summed E-state index contributed by atoms with van der Waals surface area (Å²) >= 11 is 0. The van der Waals surface area contributed by atoms with Crippen LogP contribution in [0.25, 0.3) is 0 Å². The van der Waals surface area contributed by atoms with E-state index in [4.69, 9.17) is 4.74 Å². The molecular formula is C20H28F2O2. The van der Waals surface area contributed by atoms with Crippen LogP contribution in [0.15, 0.2) is 18.2 Å². The van der Waals surface area contributed by atoms with Crippen molar-refractivity contribution in [2.45, 2.75) is 72.0 Å². The van der Waals surface area contributed by atoms with Crippen LogP contribution in [0.1, 0.15) is 64.9 Å². The van der Waals surface area contributed by atoms with Gasteiger partial charge in [0.25, 0.3) is 0 Å². The zero-order chi connectivity index (χ0) is 17.7. The van der Waals surface area contributed by atoms with Gasteiger partial charge >= 0.3 is 0 Å². The Hall–Kier alpha value is -1.29. The molecule has 4 heteroatoms. The van der Waals surface area contributed by atoms with Gasteiger partial charge in [0.1, 0.15) is 17.7 Å². The van der Waals surface area contributed by atoms with Crippen LogP contribution in [0.4, 0.5) is 8.78 Å². The van der Waals surface area contributed by atoms with Crippen LogP contribution < -0.4 is 0 Å². The Morgan fingerprint density at radius 3 is 2.29 bits per heavy atom. The summed E-state index contributed by atoms with van der Waals surface area (Å²) in [6.45, 7) is 6.14. The van der Waals surface area contributed by atoms with Crippen LogP contribution in [-0.4, -0.2) is 11.9 Å². The Morgan fingerprint density at radius 1 is 1.17 bits per heavy atom. The average molecular weight is 338 g/mol. The van der Waals surface area contributed by atoms with Crippen molar-refractivity contribution >= 4 is 5.78 Å². The second kappa shape index (κ2) is 8.19. The fraction of sp³-hybridized carbons (Fsp3) is 0.650. The third-order valence-corrected chi connectivity index (χ3v) is 4.46. The molecule has 0 heterocycles. The van der Waals surface area contributed by atoms with Crippen LogP contribution in [0.3, 0.4) is 0 Å². The molecule has 0 aliphatic heterocycles. The molecule has 1 aliphatic carbocycles. The summed E-state index contributed by atoms with van der Waals surface area (Å²) in [6.07, 6.45) is 5.36. The van der Waals surface area contributed by atoms with Crippen LogP contribution >= 0.6 is 0 Å². The van der Waals surface area contributed by atoms with Gasteiger partial charge in [-0.1, -0.05) is 46.5 Å². The molecule has 24 heavy (non-hydrogen) atoms. The van der Waals surface area contributed by atoms with Gasteiger partial charge < -0.3 is 4.74 Å². The second-order valence-corrected chi connectivity index (χ2v) is 8.17. The van der Waals surface area contributed by atoms with Crippen LogP contribution in [0, 0.1) is 23.0 Å². The van der Waals surface area contributed by atoms with Gasteiger partial charge in [-0.2, -0.15) is 0 Å². The minimum Gasteiger partial charge on any atom is -0.366 e. The first-order chi connectivity index (χ1) is 11.2.